The van der Waals surface area contributed by atoms with Crippen LogP contribution in [0.2, 0.25) is 0 Å². The van der Waals surface area contributed by atoms with Crippen molar-refractivity contribution in [3.63, 3.8) is 0 Å². The minimum Gasteiger partial charge on any atom is -0.357 e. The van der Waals surface area contributed by atoms with Gasteiger partial charge in [0.25, 0.3) is 0 Å². The largest absolute Gasteiger partial charge is 0.357 e. The van der Waals surface area contributed by atoms with Crippen LogP contribution in [-0.2, 0) is 0 Å². The van der Waals surface area contributed by atoms with Gasteiger partial charge in [-0.3, -0.25) is 4.79 Å². The molecule has 1 N–H and O–H groups in total. The molecule has 0 radical (unpaired) electrons. The van der Waals surface area contributed by atoms with E-state index in [0.717, 1.165) is 20.9 Å². The number of aromatic amines is 1. The molecule has 82 valence electrons. The number of hydrogen-bond donors (Lipinski definition) is 1. The quantitative estimate of drug-likeness (QED) is 0.827. The number of aromatic nitrogens is 1. The Morgan fingerprint density at radius 1 is 1.44 bits per heavy atom. The van der Waals surface area contributed by atoms with E-state index in [2.05, 4.69) is 20.9 Å². The molecule has 1 aromatic carbocycles. The number of halogens is 1. The number of benzene rings is 1. The molecular weight excluding hydrogens is 266 g/mol. The molecule has 1 aromatic heterocycles. The van der Waals surface area contributed by atoms with Crippen molar-refractivity contribution in [1.82, 2.24) is 4.98 Å². The molecule has 1 aliphatic carbocycles. The van der Waals surface area contributed by atoms with Gasteiger partial charge in [0.05, 0.1) is 0 Å². The summed E-state index contributed by atoms with van der Waals surface area (Å²) in [6.45, 7) is 1.62. The lowest BCUT2D eigenvalue weighted by atomic mass is 10.1. The summed E-state index contributed by atoms with van der Waals surface area (Å²) in [6.07, 6.45) is 2.50. The molecule has 0 bridgehead atoms. The Morgan fingerprint density at radius 2 is 2.19 bits per heavy atom. The highest BCUT2D eigenvalue weighted by Gasteiger charge is 2.29. The molecule has 0 saturated heterocycles. The van der Waals surface area contributed by atoms with Crippen LogP contribution in [0.25, 0.3) is 10.9 Å². The highest BCUT2D eigenvalue weighted by atomic mass is 79.9. The number of carbonyl (C=O) groups is 1. The monoisotopic (exact) mass is 277 g/mol. The van der Waals surface area contributed by atoms with Crippen LogP contribution in [0.4, 0.5) is 0 Å². The summed E-state index contributed by atoms with van der Waals surface area (Å²) >= 11 is 3.63. The fraction of sp³-hybridized carbons (Fsp3) is 0.308. The third-order valence-electron chi connectivity index (χ3n) is 3.15. The number of hydrogen-bond acceptors (Lipinski definition) is 1. The first-order valence-electron chi connectivity index (χ1n) is 5.49. The highest BCUT2D eigenvalue weighted by molar-refractivity contribution is 9.10. The smallest absolute Gasteiger partial charge is 0.160 e. The first kappa shape index (κ1) is 10.1. The van der Waals surface area contributed by atoms with E-state index in [-0.39, 0.29) is 5.78 Å². The lowest BCUT2D eigenvalue weighted by molar-refractivity contribution is 0.101. The number of nitrogens with one attached hydrogen (secondary N) is 1. The molecule has 0 amide bonds. The first-order chi connectivity index (χ1) is 7.68. The summed E-state index contributed by atoms with van der Waals surface area (Å²) in [4.78, 5) is 15.0. The van der Waals surface area contributed by atoms with Gasteiger partial charge in [-0.2, -0.15) is 0 Å². The third kappa shape index (κ3) is 1.42. The van der Waals surface area contributed by atoms with Gasteiger partial charge in [-0.1, -0.05) is 12.1 Å². The zero-order valence-corrected chi connectivity index (χ0v) is 10.6. The molecule has 3 heteroatoms. The second-order valence-electron chi connectivity index (χ2n) is 4.41. The van der Waals surface area contributed by atoms with Gasteiger partial charge in [0.1, 0.15) is 0 Å². The maximum absolute atomic E-state index is 11.6. The van der Waals surface area contributed by atoms with Crippen LogP contribution in [0, 0.1) is 0 Å². The van der Waals surface area contributed by atoms with Gasteiger partial charge in [0.15, 0.2) is 5.78 Å². The normalized spacial score (nSPS) is 15.6. The Balaban J connectivity index is 2.33. The van der Waals surface area contributed by atoms with Crippen LogP contribution in [0.15, 0.2) is 22.7 Å². The molecule has 2 nitrogen and oxygen atoms in total. The molecule has 16 heavy (non-hydrogen) atoms. The van der Waals surface area contributed by atoms with E-state index in [4.69, 9.17) is 0 Å². The zero-order valence-electron chi connectivity index (χ0n) is 9.01. The second kappa shape index (κ2) is 3.45. The maximum atomic E-state index is 11.6. The van der Waals surface area contributed by atoms with E-state index in [1.54, 1.807) is 6.92 Å². The summed E-state index contributed by atoms with van der Waals surface area (Å²) in [5.41, 5.74) is 3.11. The lowest BCUT2D eigenvalue weighted by Gasteiger charge is -1.98. The van der Waals surface area contributed by atoms with Crippen molar-refractivity contribution in [2.24, 2.45) is 0 Å². The third-order valence-corrected chi connectivity index (χ3v) is 3.98. The van der Waals surface area contributed by atoms with E-state index < -0.39 is 0 Å². The van der Waals surface area contributed by atoms with Crippen LogP contribution >= 0.6 is 15.9 Å². The Kier molecular flexibility index (Phi) is 2.18. The molecule has 0 atom stereocenters. The van der Waals surface area contributed by atoms with E-state index in [9.17, 15) is 4.79 Å². The lowest BCUT2D eigenvalue weighted by Crippen LogP contribution is -1.92. The summed E-state index contributed by atoms with van der Waals surface area (Å²) in [6, 6.07) is 5.84. The van der Waals surface area contributed by atoms with Gasteiger partial charge in [-0.05, 0) is 41.8 Å². The van der Waals surface area contributed by atoms with Crippen LogP contribution in [0.1, 0.15) is 41.7 Å². The molecule has 0 spiro atoms. The summed E-state index contributed by atoms with van der Waals surface area (Å²) in [5, 5.41) is 1.04. The minimum absolute atomic E-state index is 0.118. The van der Waals surface area contributed by atoms with Crippen molar-refractivity contribution in [2.75, 3.05) is 0 Å². The average molecular weight is 278 g/mol. The van der Waals surface area contributed by atoms with Crippen molar-refractivity contribution >= 4 is 32.6 Å². The number of rotatable bonds is 2. The van der Waals surface area contributed by atoms with Crippen molar-refractivity contribution in [2.45, 2.75) is 25.7 Å². The molecule has 1 fully saturated rings. The van der Waals surface area contributed by atoms with Crippen molar-refractivity contribution in [3.8, 4) is 0 Å². The molecule has 1 heterocycles. The topological polar surface area (TPSA) is 32.9 Å². The highest BCUT2D eigenvalue weighted by Crippen LogP contribution is 2.45. The predicted molar refractivity (Wildman–Crippen MR) is 68.0 cm³/mol. The van der Waals surface area contributed by atoms with E-state index in [1.807, 2.05) is 18.2 Å². The van der Waals surface area contributed by atoms with E-state index in [1.165, 1.54) is 18.5 Å². The standard InChI is InChI=1S/C13H12BrNO/c1-7(16)9-3-2-4-10-11(9)12(14)13(15-10)8-5-6-8/h2-4,8,15H,5-6H2,1H3. The molecule has 1 aliphatic rings. The fourth-order valence-corrected chi connectivity index (χ4v) is 3.02. The minimum atomic E-state index is 0.118. The first-order valence-corrected chi connectivity index (χ1v) is 6.29. The van der Waals surface area contributed by atoms with Gasteiger partial charge in [0.2, 0.25) is 0 Å². The number of carbonyl (C=O) groups excluding carboxylic acids is 1. The van der Waals surface area contributed by atoms with Crippen LogP contribution in [0.3, 0.4) is 0 Å². The van der Waals surface area contributed by atoms with Gasteiger partial charge < -0.3 is 4.98 Å². The Labute approximate surface area is 102 Å². The van der Waals surface area contributed by atoms with E-state index >= 15 is 0 Å². The summed E-state index contributed by atoms with van der Waals surface area (Å²) < 4.78 is 1.08. The number of H-pyrrole nitrogens is 1. The van der Waals surface area contributed by atoms with Gasteiger partial charge in [-0.25, -0.2) is 0 Å². The molecule has 3 rings (SSSR count). The average Bonchev–Trinajstić information content (AvgIpc) is 3.04. The molecule has 0 unspecified atom stereocenters. The van der Waals surface area contributed by atoms with Crippen molar-refractivity contribution in [1.29, 1.82) is 0 Å². The number of Topliss-reactive ketones (excluding diaryl/α,β-unsaturated/α-hetero) is 1. The Bertz CT molecular complexity index is 581. The van der Waals surface area contributed by atoms with Crippen LogP contribution in [-0.4, -0.2) is 10.8 Å². The summed E-state index contributed by atoms with van der Waals surface area (Å²) in [5.74, 6) is 0.772. The van der Waals surface area contributed by atoms with Crippen LogP contribution < -0.4 is 0 Å². The van der Waals surface area contributed by atoms with Gasteiger partial charge in [0, 0.05) is 32.6 Å². The van der Waals surface area contributed by atoms with E-state index in [0.29, 0.717) is 5.92 Å². The Hall–Kier alpha value is -1.09. The maximum Gasteiger partial charge on any atom is 0.160 e. The zero-order chi connectivity index (χ0) is 11.3. The molecule has 0 aliphatic heterocycles. The number of fused-ring (bicyclic) bond motifs is 1. The summed E-state index contributed by atoms with van der Waals surface area (Å²) in [7, 11) is 0. The SMILES string of the molecule is CC(=O)c1cccc2[nH]c(C3CC3)c(Br)c12. The molecular formula is C13H12BrNO. The second-order valence-corrected chi connectivity index (χ2v) is 5.20. The van der Waals surface area contributed by atoms with Crippen molar-refractivity contribution in [3.05, 3.63) is 33.9 Å². The molecule has 1 saturated carbocycles. The van der Waals surface area contributed by atoms with Crippen LogP contribution in [0.5, 0.6) is 0 Å². The van der Waals surface area contributed by atoms with Crippen molar-refractivity contribution < 1.29 is 4.79 Å². The fourth-order valence-electron chi connectivity index (χ4n) is 2.17. The van der Waals surface area contributed by atoms with Gasteiger partial charge >= 0.3 is 0 Å². The number of ketones is 1. The van der Waals surface area contributed by atoms with Gasteiger partial charge in [-0.15, -0.1) is 0 Å². The molecule has 2 aromatic rings. The Morgan fingerprint density at radius 3 is 2.81 bits per heavy atom. The predicted octanol–water partition coefficient (Wildman–Crippen LogP) is 4.01.